The standard InChI is InChI=1S/C15H20N2O3/c1-10-13(18)16-15(2,3)14(19)17(10)9-11-6-5-7-12(8-11)20-4/h5-8,10H,9H2,1-4H3,(H,16,18). The Morgan fingerprint density at radius 2 is 2.05 bits per heavy atom. The third-order valence-electron chi connectivity index (χ3n) is 3.57. The number of nitrogens with one attached hydrogen (secondary N) is 1. The van der Waals surface area contributed by atoms with Crippen LogP contribution in [-0.2, 0) is 16.1 Å². The molecule has 0 spiro atoms. The number of hydrogen-bond donors (Lipinski definition) is 1. The molecule has 1 atom stereocenters. The highest BCUT2D eigenvalue weighted by Crippen LogP contribution is 2.22. The van der Waals surface area contributed by atoms with E-state index in [0.717, 1.165) is 11.3 Å². The monoisotopic (exact) mass is 276 g/mol. The first-order valence-corrected chi connectivity index (χ1v) is 6.61. The van der Waals surface area contributed by atoms with Gasteiger partial charge in [-0.1, -0.05) is 12.1 Å². The van der Waals surface area contributed by atoms with Crippen LogP contribution in [0, 0.1) is 0 Å². The summed E-state index contributed by atoms with van der Waals surface area (Å²) >= 11 is 0. The largest absolute Gasteiger partial charge is 0.497 e. The molecule has 5 nitrogen and oxygen atoms in total. The second-order valence-electron chi connectivity index (χ2n) is 5.57. The summed E-state index contributed by atoms with van der Waals surface area (Å²) in [4.78, 5) is 26.0. The molecule has 1 aromatic rings. The third-order valence-corrected chi connectivity index (χ3v) is 3.57. The van der Waals surface area contributed by atoms with Crippen molar-refractivity contribution in [3.05, 3.63) is 29.8 Å². The van der Waals surface area contributed by atoms with Crippen molar-refractivity contribution >= 4 is 11.8 Å². The summed E-state index contributed by atoms with van der Waals surface area (Å²) in [6, 6.07) is 7.04. The molecule has 1 aliphatic rings. The smallest absolute Gasteiger partial charge is 0.248 e. The predicted molar refractivity (Wildman–Crippen MR) is 75.2 cm³/mol. The summed E-state index contributed by atoms with van der Waals surface area (Å²) in [5.41, 5.74) is 0.0812. The normalized spacial score (nSPS) is 21.6. The van der Waals surface area contributed by atoms with Crippen molar-refractivity contribution in [3.63, 3.8) is 0 Å². The Morgan fingerprint density at radius 3 is 2.70 bits per heavy atom. The molecule has 0 aliphatic carbocycles. The van der Waals surface area contributed by atoms with Crippen LogP contribution in [0.4, 0.5) is 0 Å². The van der Waals surface area contributed by atoms with Crippen molar-refractivity contribution in [2.24, 2.45) is 0 Å². The number of piperazine rings is 1. The van der Waals surface area contributed by atoms with Crippen LogP contribution in [-0.4, -0.2) is 35.4 Å². The highest BCUT2D eigenvalue weighted by atomic mass is 16.5. The van der Waals surface area contributed by atoms with E-state index in [2.05, 4.69) is 5.32 Å². The molecule has 1 N–H and O–H groups in total. The zero-order chi connectivity index (χ0) is 14.9. The van der Waals surface area contributed by atoms with Crippen LogP contribution in [0.1, 0.15) is 26.3 Å². The highest BCUT2D eigenvalue weighted by molar-refractivity contribution is 5.99. The average Bonchev–Trinajstić information content (AvgIpc) is 2.41. The molecule has 108 valence electrons. The zero-order valence-corrected chi connectivity index (χ0v) is 12.3. The van der Waals surface area contributed by atoms with Crippen LogP contribution in [0.15, 0.2) is 24.3 Å². The van der Waals surface area contributed by atoms with Gasteiger partial charge in [-0.15, -0.1) is 0 Å². The number of carbonyl (C=O) groups excluding carboxylic acids is 2. The van der Waals surface area contributed by atoms with Gasteiger partial charge in [-0.05, 0) is 38.5 Å². The van der Waals surface area contributed by atoms with Gasteiger partial charge in [0.15, 0.2) is 0 Å². The minimum atomic E-state index is -0.859. The van der Waals surface area contributed by atoms with Gasteiger partial charge in [-0.2, -0.15) is 0 Å². The fraction of sp³-hybridized carbons (Fsp3) is 0.467. The summed E-state index contributed by atoms with van der Waals surface area (Å²) in [7, 11) is 1.60. The number of amides is 2. The molecular formula is C15H20N2O3. The van der Waals surface area contributed by atoms with Gasteiger partial charge in [0, 0.05) is 6.54 Å². The molecule has 0 radical (unpaired) electrons. The van der Waals surface area contributed by atoms with Gasteiger partial charge >= 0.3 is 0 Å². The minimum Gasteiger partial charge on any atom is -0.497 e. The van der Waals surface area contributed by atoms with Gasteiger partial charge < -0.3 is 15.0 Å². The molecule has 2 amide bonds. The maximum atomic E-state index is 12.4. The Kier molecular flexibility index (Phi) is 3.70. The number of methoxy groups -OCH3 is 1. The Labute approximate surface area is 118 Å². The van der Waals surface area contributed by atoms with Crippen LogP contribution in [0.3, 0.4) is 0 Å². The summed E-state index contributed by atoms with van der Waals surface area (Å²) in [5, 5.41) is 2.74. The quantitative estimate of drug-likeness (QED) is 0.906. The van der Waals surface area contributed by atoms with Gasteiger partial charge in [0.1, 0.15) is 17.3 Å². The Hall–Kier alpha value is -2.04. The van der Waals surface area contributed by atoms with Crippen molar-refractivity contribution in [2.45, 2.75) is 38.9 Å². The fourth-order valence-corrected chi connectivity index (χ4v) is 2.32. The first-order chi connectivity index (χ1) is 9.35. The van der Waals surface area contributed by atoms with E-state index >= 15 is 0 Å². The maximum absolute atomic E-state index is 12.4. The first kappa shape index (κ1) is 14.4. The van der Waals surface area contributed by atoms with Crippen LogP contribution in [0.5, 0.6) is 5.75 Å². The zero-order valence-electron chi connectivity index (χ0n) is 12.3. The van der Waals surface area contributed by atoms with E-state index in [4.69, 9.17) is 4.74 Å². The van der Waals surface area contributed by atoms with Crippen LogP contribution >= 0.6 is 0 Å². The number of nitrogens with zero attached hydrogens (tertiary/aromatic N) is 1. The SMILES string of the molecule is COc1cccc(CN2C(=O)C(C)(C)NC(=O)C2C)c1. The van der Waals surface area contributed by atoms with Crippen LogP contribution < -0.4 is 10.1 Å². The van der Waals surface area contributed by atoms with E-state index in [0.29, 0.717) is 6.54 Å². The van der Waals surface area contributed by atoms with Crippen LogP contribution in [0.2, 0.25) is 0 Å². The van der Waals surface area contributed by atoms with E-state index in [-0.39, 0.29) is 11.8 Å². The molecule has 1 aliphatic heterocycles. The number of benzene rings is 1. The summed E-state index contributed by atoms with van der Waals surface area (Å²) in [6.45, 7) is 5.58. The molecule has 0 saturated carbocycles. The summed E-state index contributed by atoms with van der Waals surface area (Å²) in [5.74, 6) is 0.535. The molecule has 20 heavy (non-hydrogen) atoms. The van der Waals surface area contributed by atoms with Crippen molar-refractivity contribution < 1.29 is 14.3 Å². The van der Waals surface area contributed by atoms with Gasteiger partial charge in [0.2, 0.25) is 11.8 Å². The van der Waals surface area contributed by atoms with Crippen molar-refractivity contribution in [3.8, 4) is 5.75 Å². The van der Waals surface area contributed by atoms with E-state index in [9.17, 15) is 9.59 Å². The van der Waals surface area contributed by atoms with E-state index in [1.807, 2.05) is 24.3 Å². The molecule has 1 fully saturated rings. The van der Waals surface area contributed by atoms with E-state index < -0.39 is 11.6 Å². The second-order valence-corrected chi connectivity index (χ2v) is 5.57. The molecule has 5 heteroatoms. The molecule has 0 aromatic heterocycles. The summed E-state index contributed by atoms with van der Waals surface area (Å²) < 4.78 is 5.18. The number of carbonyl (C=O) groups is 2. The number of ether oxygens (including phenoxy) is 1. The van der Waals surface area contributed by atoms with Crippen LogP contribution in [0.25, 0.3) is 0 Å². The molecule has 0 bridgehead atoms. The molecule has 1 aromatic carbocycles. The first-order valence-electron chi connectivity index (χ1n) is 6.61. The van der Waals surface area contributed by atoms with E-state index in [1.165, 1.54) is 0 Å². The Bertz CT molecular complexity index is 540. The van der Waals surface area contributed by atoms with Crippen molar-refractivity contribution in [2.75, 3.05) is 7.11 Å². The maximum Gasteiger partial charge on any atom is 0.248 e. The lowest BCUT2D eigenvalue weighted by atomic mass is 9.97. The minimum absolute atomic E-state index is 0.0765. The molecule has 1 saturated heterocycles. The molecule has 1 heterocycles. The van der Waals surface area contributed by atoms with Gasteiger partial charge in [-0.25, -0.2) is 0 Å². The lowest BCUT2D eigenvalue weighted by Gasteiger charge is -2.41. The van der Waals surface area contributed by atoms with Gasteiger partial charge in [0.25, 0.3) is 0 Å². The van der Waals surface area contributed by atoms with Crippen molar-refractivity contribution in [1.29, 1.82) is 0 Å². The lowest BCUT2D eigenvalue weighted by Crippen LogP contribution is -2.66. The van der Waals surface area contributed by atoms with Crippen molar-refractivity contribution in [1.82, 2.24) is 10.2 Å². The lowest BCUT2D eigenvalue weighted by molar-refractivity contribution is -0.153. The number of hydrogen-bond acceptors (Lipinski definition) is 3. The molecule has 2 rings (SSSR count). The predicted octanol–water partition coefficient (Wildman–Crippen LogP) is 1.32. The Balaban J connectivity index is 2.25. The highest BCUT2D eigenvalue weighted by Gasteiger charge is 2.43. The molecular weight excluding hydrogens is 256 g/mol. The third kappa shape index (κ3) is 2.61. The van der Waals surface area contributed by atoms with Gasteiger partial charge in [0.05, 0.1) is 7.11 Å². The Morgan fingerprint density at radius 1 is 1.35 bits per heavy atom. The fourth-order valence-electron chi connectivity index (χ4n) is 2.32. The summed E-state index contributed by atoms with van der Waals surface area (Å²) in [6.07, 6.45) is 0. The van der Waals surface area contributed by atoms with E-state index in [1.54, 1.807) is 32.8 Å². The average molecular weight is 276 g/mol. The second kappa shape index (κ2) is 5.15. The molecule has 1 unspecified atom stereocenters. The van der Waals surface area contributed by atoms with Gasteiger partial charge in [-0.3, -0.25) is 9.59 Å². The number of rotatable bonds is 3. The topological polar surface area (TPSA) is 58.6 Å².